The van der Waals surface area contributed by atoms with Crippen LogP contribution in [0.5, 0.6) is 0 Å². The highest BCUT2D eigenvalue weighted by molar-refractivity contribution is 9.10. The Hall–Kier alpha value is -1.07. The van der Waals surface area contributed by atoms with Gasteiger partial charge < -0.3 is 16.0 Å². The van der Waals surface area contributed by atoms with Gasteiger partial charge in [0.05, 0.1) is 5.92 Å². The highest BCUT2D eigenvalue weighted by Crippen LogP contribution is 2.47. The Bertz CT molecular complexity index is 620. The van der Waals surface area contributed by atoms with E-state index in [0.717, 1.165) is 30.5 Å². The summed E-state index contributed by atoms with van der Waals surface area (Å²) in [6, 6.07) is 8.53. The van der Waals surface area contributed by atoms with Crippen LogP contribution in [-0.2, 0) is 4.79 Å². The van der Waals surface area contributed by atoms with Crippen molar-refractivity contribution in [2.24, 2.45) is 29.4 Å². The van der Waals surface area contributed by atoms with Crippen LogP contribution in [0.1, 0.15) is 25.7 Å². The predicted octanol–water partition coefficient (Wildman–Crippen LogP) is 2.77. The van der Waals surface area contributed by atoms with Gasteiger partial charge in [0.1, 0.15) is 0 Å². The van der Waals surface area contributed by atoms with Crippen LogP contribution < -0.4 is 16.0 Å². The van der Waals surface area contributed by atoms with Gasteiger partial charge in [0.25, 0.3) is 0 Å². The number of amides is 1. The summed E-state index contributed by atoms with van der Waals surface area (Å²) in [5, 5.41) is 3.21. The van der Waals surface area contributed by atoms with Gasteiger partial charge in [0.2, 0.25) is 5.91 Å². The molecule has 3 fully saturated rings. The average Bonchev–Trinajstić information content (AvgIpc) is 3.28. The van der Waals surface area contributed by atoms with Crippen LogP contribution in [0, 0.1) is 23.7 Å². The second-order valence-corrected chi connectivity index (χ2v) is 8.68. The zero-order valence-electron chi connectivity index (χ0n) is 14.0. The van der Waals surface area contributed by atoms with Gasteiger partial charge in [0, 0.05) is 35.8 Å². The number of benzene rings is 1. The fourth-order valence-electron chi connectivity index (χ4n) is 4.99. The molecular formula is C19H26BrN3O. The fourth-order valence-corrected chi connectivity index (χ4v) is 5.38. The van der Waals surface area contributed by atoms with Crippen molar-refractivity contribution >= 4 is 27.5 Å². The molecule has 3 N–H and O–H groups in total. The largest absolute Gasteiger partial charge is 0.371 e. The maximum absolute atomic E-state index is 12.6. The number of hydrogen-bond acceptors (Lipinski definition) is 3. The summed E-state index contributed by atoms with van der Waals surface area (Å²) in [5.74, 6) is 1.92. The van der Waals surface area contributed by atoms with Crippen molar-refractivity contribution in [2.45, 2.75) is 31.7 Å². The Labute approximate surface area is 152 Å². The Morgan fingerprint density at radius 3 is 2.88 bits per heavy atom. The normalized spacial score (nSPS) is 34.8. The van der Waals surface area contributed by atoms with Gasteiger partial charge in [-0.05, 0) is 61.6 Å². The van der Waals surface area contributed by atoms with E-state index in [1.54, 1.807) is 0 Å². The van der Waals surface area contributed by atoms with Gasteiger partial charge in [-0.2, -0.15) is 0 Å². The first-order valence-electron chi connectivity index (χ1n) is 9.15. The quantitative estimate of drug-likeness (QED) is 0.829. The minimum atomic E-state index is 0.0614. The Kier molecular flexibility index (Phi) is 4.56. The van der Waals surface area contributed by atoms with E-state index in [0.29, 0.717) is 17.8 Å². The summed E-state index contributed by atoms with van der Waals surface area (Å²) in [7, 11) is 0. The third-order valence-electron chi connectivity index (χ3n) is 6.31. The molecule has 2 bridgehead atoms. The van der Waals surface area contributed by atoms with Crippen LogP contribution >= 0.6 is 15.9 Å². The van der Waals surface area contributed by atoms with Crippen LogP contribution in [0.4, 0.5) is 5.69 Å². The number of rotatable bonds is 4. The molecule has 2 saturated carbocycles. The predicted molar refractivity (Wildman–Crippen MR) is 99.8 cm³/mol. The number of carbonyl (C=O) groups excluding carboxylic acids is 1. The van der Waals surface area contributed by atoms with Gasteiger partial charge in [-0.25, -0.2) is 0 Å². The zero-order chi connectivity index (χ0) is 16.7. The number of nitrogens with zero attached hydrogens (tertiary/aromatic N) is 1. The molecule has 0 spiro atoms. The van der Waals surface area contributed by atoms with E-state index in [1.807, 2.05) is 0 Å². The van der Waals surface area contributed by atoms with Crippen molar-refractivity contribution in [3.8, 4) is 0 Å². The molecule has 5 atom stereocenters. The molecule has 0 radical (unpaired) electrons. The molecule has 1 saturated heterocycles. The first kappa shape index (κ1) is 16.4. The lowest BCUT2D eigenvalue weighted by atomic mass is 9.84. The van der Waals surface area contributed by atoms with Crippen molar-refractivity contribution < 1.29 is 4.79 Å². The lowest BCUT2D eigenvalue weighted by Crippen LogP contribution is -2.46. The molecule has 4 nitrogen and oxygen atoms in total. The van der Waals surface area contributed by atoms with Crippen LogP contribution in [0.3, 0.4) is 0 Å². The minimum absolute atomic E-state index is 0.0614. The summed E-state index contributed by atoms with van der Waals surface area (Å²) >= 11 is 3.54. The molecule has 1 aromatic rings. The number of halogens is 1. The van der Waals surface area contributed by atoms with Crippen molar-refractivity contribution in [3.63, 3.8) is 0 Å². The number of hydrogen-bond donors (Lipinski definition) is 2. The van der Waals surface area contributed by atoms with E-state index < -0.39 is 0 Å². The third-order valence-corrected chi connectivity index (χ3v) is 6.80. The number of fused-ring (bicyclic) bond motifs is 2. The van der Waals surface area contributed by atoms with E-state index >= 15 is 0 Å². The maximum Gasteiger partial charge on any atom is 0.224 e. The Morgan fingerprint density at radius 2 is 2.12 bits per heavy atom. The highest BCUT2D eigenvalue weighted by Gasteiger charge is 2.49. The lowest BCUT2D eigenvalue weighted by molar-refractivity contribution is -0.127. The summed E-state index contributed by atoms with van der Waals surface area (Å²) in [4.78, 5) is 15.0. The molecule has 1 aliphatic heterocycles. The lowest BCUT2D eigenvalue weighted by Gasteiger charge is -2.27. The van der Waals surface area contributed by atoms with E-state index in [2.05, 4.69) is 50.4 Å². The fraction of sp³-hybridized carbons (Fsp3) is 0.632. The van der Waals surface area contributed by atoms with Crippen molar-refractivity contribution in [1.82, 2.24) is 5.32 Å². The van der Waals surface area contributed by atoms with Gasteiger partial charge in [-0.3, -0.25) is 4.79 Å². The SMILES string of the molecule is NC1C2CCC(C2)C1C(=O)NCC1CCN(c2cccc(Br)c2)C1. The molecule has 130 valence electrons. The molecule has 1 amide bonds. The second-order valence-electron chi connectivity index (χ2n) is 7.76. The molecule has 24 heavy (non-hydrogen) atoms. The van der Waals surface area contributed by atoms with E-state index in [4.69, 9.17) is 5.73 Å². The Balaban J connectivity index is 1.29. The first-order valence-corrected chi connectivity index (χ1v) is 9.95. The minimum Gasteiger partial charge on any atom is -0.371 e. The molecule has 5 heteroatoms. The molecular weight excluding hydrogens is 366 g/mol. The third kappa shape index (κ3) is 3.08. The summed E-state index contributed by atoms with van der Waals surface area (Å²) < 4.78 is 1.11. The molecule has 2 aliphatic carbocycles. The van der Waals surface area contributed by atoms with Gasteiger partial charge in [-0.15, -0.1) is 0 Å². The molecule has 1 aromatic carbocycles. The molecule has 3 aliphatic rings. The van der Waals surface area contributed by atoms with Crippen molar-refractivity contribution in [3.05, 3.63) is 28.7 Å². The van der Waals surface area contributed by atoms with Crippen LogP contribution in [0.25, 0.3) is 0 Å². The smallest absolute Gasteiger partial charge is 0.224 e. The first-order chi connectivity index (χ1) is 11.6. The van der Waals surface area contributed by atoms with E-state index in [9.17, 15) is 4.79 Å². The van der Waals surface area contributed by atoms with Gasteiger partial charge in [-0.1, -0.05) is 22.0 Å². The number of anilines is 1. The highest BCUT2D eigenvalue weighted by atomic mass is 79.9. The Morgan fingerprint density at radius 1 is 1.29 bits per heavy atom. The number of nitrogens with two attached hydrogens (primary N) is 1. The van der Waals surface area contributed by atoms with Crippen LogP contribution in [0.2, 0.25) is 0 Å². The van der Waals surface area contributed by atoms with Crippen LogP contribution in [-0.4, -0.2) is 31.6 Å². The summed E-state index contributed by atoms with van der Waals surface area (Å²) in [6.07, 6.45) is 4.71. The monoisotopic (exact) mass is 391 g/mol. The number of carbonyl (C=O) groups is 1. The average molecular weight is 392 g/mol. The molecule has 1 heterocycles. The van der Waals surface area contributed by atoms with Gasteiger partial charge >= 0.3 is 0 Å². The zero-order valence-corrected chi connectivity index (χ0v) is 15.5. The maximum atomic E-state index is 12.6. The second kappa shape index (κ2) is 6.68. The van der Waals surface area contributed by atoms with Crippen LogP contribution in [0.15, 0.2) is 28.7 Å². The topological polar surface area (TPSA) is 58.4 Å². The van der Waals surface area contributed by atoms with Gasteiger partial charge in [0.15, 0.2) is 0 Å². The molecule has 4 rings (SSSR count). The van der Waals surface area contributed by atoms with Crippen molar-refractivity contribution in [1.29, 1.82) is 0 Å². The summed E-state index contributed by atoms with van der Waals surface area (Å²) in [6.45, 7) is 2.86. The van der Waals surface area contributed by atoms with E-state index in [1.165, 1.54) is 24.9 Å². The molecule has 0 aromatic heterocycles. The number of nitrogens with one attached hydrogen (secondary N) is 1. The van der Waals surface area contributed by atoms with E-state index in [-0.39, 0.29) is 17.9 Å². The standard InChI is InChI=1S/C19H26BrN3O/c20-15-2-1-3-16(9-15)23-7-6-12(11-23)10-22-19(24)17-13-4-5-14(8-13)18(17)21/h1-3,9,12-14,17-18H,4-8,10-11,21H2,(H,22,24). The molecule has 5 unspecified atom stereocenters. The van der Waals surface area contributed by atoms with Crippen molar-refractivity contribution in [2.75, 3.05) is 24.5 Å². The summed E-state index contributed by atoms with van der Waals surface area (Å²) in [5.41, 5.74) is 7.55.